The van der Waals surface area contributed by atoms with Gasteiger partial charge in [0, 0.05) is 23.6 Å². The van der Waals surface area contributed by atoms with Gasteiger partial charge in [-0.1, -0.05) is 24.3 Å². The molecule has 0 aliphatic rings. The summed E-state index contributed by atoms with van der Waals surface area (Å²) in [4.78, 5) is 8.43. The summed E-state index contributed by atoms with van der Waals surface area (Å²) in [5.41, 5.74) is 1.39. The van der Waals surface area contributed by atoms with Crippen molar-refractivity contribution in [2.45, 2.75) is 0 Å². The number of rotatable bonds is 14. The molecule has 2 aromatic rings. The molecule has 156 valence electrons. The molecule has 0 fully saturated rings. The second kappa shape index (κ2) is 14.3. The number of nitrogens with zero attached hydrogens (tertiary/aromatic N) is 2. The summed E-state index contributed by atoms with van der Waals surface area (Å²) in [6.45, 7) is 4.04. The lowest BCUT2D eigenvalue weighted by molar-refractivity contribution is 0.0176. The summed E-state index contributed by atoms with van der Waals surface area (Å²) in [6, 6.07) is 14.1. The van der Waals surface area contributed by atoms with E-state index in [0.29, 0.717) is 63.9 Å². The van der Waals surface area contributed by atoms with Gasteiger partial charge in [-0.15, -0.1) is 0 Å². The van der Waals surface area contributed by atoms with E-state index in [4.69, 9.17) is 14.2 Å². The second-order valence-corrected chi connectivity index (χ2v) is 6.03. The minimum atomic E-state index is 0.218. The van der Waals surface area contributed by atoms with Crippen LogP contribution in [0, 0.1) is 0 Å². The van der Waals surface area contributed by atoms with Crippen molar-refractivity contribution < 1.29 is 24.4 Å². The van der Waals surface area contributed by atoms with E-state index >= 15 is 0 Å². The topological polar surface area (TPSA) is 92.9 Å². The van der Waals surface area contributed by atoms with Gasteiger partial charge < -0.3 is 24.4 Å². The van der Waals surface area contributed by atoms with Crippen molar-refractivity contribution in [3.05, 3.63) is 59.7 Å². The van der Waals surface area contributed by atoms with Gasteiger partial charge in [-0.3, -0.25) is 9.98 Å². The Bertz CT molecular complexity index is 701. The fraction of sp³-hybridized carbons (Fsp3) is 0.364. The van der Waals surface area contributed by atoms with Crippen LogP contribution in [0.4, 0.5) is 0 Å². The van der Waals surface area contributed by atoms with Crippen LogP contribution < -0.4 is 0 Å². The zero-order valence-corrected chi connectivity index (χ0v) is 16.4. The van der Waals surface area contributed by atoms with Crippen LogP contribution in [0.2, 0.25) is 0 Å². The summed E-state index contributed by atoms with van der Waals surface area (Å²) in [5.74, 6) is 0.435. The predicted octanol–water partition coefficient (Wildman–Crippen LogP) is 2.69. The van der Waals surface area contributed by atoms with Crippen LogP contribution in [0.1, 0.15) is 11.1 Å². The SMILES string of the molecule is Oc1ccccc1C=NCCOCCOCCOCCN=Cc1ccccc1O. The highest BCUT2D eigenvalue weighted by Crippen LogP contribution is 2.13. The van der Waals surface area contributed by atoms with Crippen molar-refractivity contribution >= 4 is 12.4 Å². The molecule has 0 unspecified atom stereocenters. The summed E-state index contributed by atoms with van der Waals surface area (Å²) < 4.78 is 16.3. The van der Waals surface area contributed by atoms with Gasteiger partial charge in [0.2, 0.25) is 0 Å². The van der Waals surface area contributed by atoms with Gasteiger partial charge in [-0.2, -0.15) is 0 Å². The first-order valence-corrected chi connectivity index (χ1v) is 9.56. The Morgan fingerprint density at radius 3 is 1.38 bits per heavy atom. The Morgan fingerprint density at radius 2 is 0.966 bits per heavy atom. The quantitative estimate of drug-likeness (QED) is 0.376. The Hall–Kier alpha value is -2.74. The van der Waals surface area contributed by atoms with Gasteiger partial charge in [-0.25, -0.2) is 0 Å². The fourth-order valence-electron chi connectivity index (χ4n) is 2.30. The van der Waals surface area contributed by atoms with E-state index in [1.54, 1.807) is 48.8 Å². The van der Waals surface area contributed by atoms with Crippen LogP contribution in [-0.2, 0) is 14.2 Å². The minimum absolute atomic E-state index is 0.218. The van der Waals surface area contributed by atoms with Gasteiger partial charge in [0.05, 0.1) is 52.7 Å². The van der Waals surface area contributed by atoms with E-state index in [1.807, 2.05) is 12.1 Å². The summed E-state index contributed by atoms with van der Waals surface area (Å²) >= 11 is 0. The largest absolute Gasteiger partial charge is 0.507 e. The normalized spacial score (nSPS) is 11.6. The molecule has 0 heterocycles. The minimum Gasteiger partial charge on any atom is -0.507 e. The number of hydrogen-bond donors (Lipinski definition) is 2. The first-order valence-electron chi connectivity index (χ1n) is 9.56. The lowest BCUT2D eigenvalue weighted by Gasteiger charge is -2.05. The molecular weight excluding hydrogens is 372 g/mol. The monoisotopic (exact) mass is 400 g/mol. The van der Waals surface area contributed by atoms with Crippen molar-refractivity contribution in [2.75, 3.05) is 52.7 Å². The average Bonchev–Trinajstić information content (AvgIpc) is 2.73. The predicted molar refractivity (Wildman–Crippen MR) is 114 cm³/mol. The lowest BCUT2D eigenvalue weighted by Crippen LogP contribution is -2.11. The molecule has 0 bridgehead atoms. The molecule has 2 rings (SSSR count). The van der Waals surface area contributed by atoms with Crippen molar-refractivity contribution in [1.82, 2.24) is 0 Å². The summed E-state index contributed by atoms with van der Waals surface area (Å²) in [7, 11) is 0. The highest BCUT2D eigenvalue weighted by atomic mass is 16.5. The molecule has 0 aliphatic heterocycles. The first kappa shape index (κ1) is 22.5. The number of phenols is 2. The second-order valence-electron chi connectivity index (χ2n) is 6.03. The molecule has 2 aromatic carbocycles. The number of aromatic hydroxyl groups is 2. The van der Waals surface area contributed by atoms with Crippen molar-refractivity contribution in [2.24, 2.45) is 9.98 Å². The van der Waals surface area contributed by atoms with E-state index in [0.717, 1.165) is 0 Å². The molecule has 0 amide bonds. The zero-order valence-electron chi connectivity index (χ0n) is 16.4. The molecule has 29 heavy (non-hydrogen) atoms. The maximum atomic E-state index is 9.61. The molecule has 0 aromatic heterocycles. The molecule has 7 heteroatoms. The maximum Gasteiger partial charge on any atom is 0.124 e. The number of hydrogen-bond acceptors (Lipinski definition) is 7. The van der Waals surface area contributed by atoms with Crippen LogP contribution in [-0.4, -0.2) is 75.4 Å². The van der Waals surface area contributed by atoms with Gasteiger partial charge in [-0.05, 0) is 24.3 Å². The highest BCUT2D eigenvalue weighted by molar-refractivity contribution is 5.83. The molecular formula is C22H28N2O5. The van der Waals surface area contributed by atoms with Crippen molar-refractivity contribution in [3.63, 3.8) is 0 Å². The van der Waals surface area contributed by atoms with Crippen LogP contribution >= 0.6 is 0 Å². The number of benzene rings is 2. The van der Waals surface area contributed by atoms with E-state index in [2.05, 4.69) is 9.98 Å². The standard InChI is InChI=1S/C22H28N2O5/c25-21-7-3-1-5-19(21)17-23-9-11-27-13-15-29-16-14-28-12-10-24-18-20-6-2-4-8-22(20)26/h1-8,17-18,25-26H,9-16H2. The molecule has 0 radical (unpaired) electrons. The Labute approximate surface area is 171 Å². The first-order chi connectivity index (χ1) is 14.3. The highest BCUT2D eigenvalue weighted by Gasteiger charge is 1.96. The van der Waals surface area contributed by atoms with E-state index in [9.17, 15) is 10.2 Å². The van der Waals surface area contributed by atoms with Gasteiger partial charge in [0.1, 0.15) is 11.5 Å². The third-order valence-corrected chi connectivity index (χ3v) is 3.81. The Balaban J connectivity index is 1.37. The smallest absolute Gasteiger partial charge is 0.124 e. The number of para-hydroxylation sites is 2. The van der Waals surface area contributed by atoms with Crippen LogP contribution in [0.5, 0.6) is 11.5 Å². The third kappa shape index (κ3) is 9.84. The molecule has 0 saturated heterocycles. The van der Waals surface area contributed by atoms with Crippen molar-refractivity contribution in [3.8, 4) is 11.5 Å². The molecule has 0 spiro atoms. The van der Waals surface area contributed by atoms with Crippen molar-refractivity contribution in [1.29, 1.82) is 0 Å². The number of aliphatic imine (C=N–C) groups is 2. The van der Waals surface area contributed by atoms with Gasteiger partial charge in [0.25, 0.3) is 0 Å². The lowest BCUT2D eigenvalue weighted by atomic mass is 10.2. The molecule has 0 atom stereocenters. The average molecular weight is 400 g/mol. The molecule has 2 N–H and O–H groups in total. The summed E-state index contributed by atoms with van der Waals surface area (Å²) in [6.07, 6.45) is 3.28. The van der Waals surface area contributed by atoms with Crippen LogP contribution in [0.3, 0.4) is 0 Å². The van der Waals surface area contributed by atoms with Crippen LogP contribution in [0.25, 0.3) is 0 Å². The Kier molecular flexibility index (Phi) is 11.1. The Morgan fingerprint density at radius 1 is 0.586 bits per heavy atom. The zero-order chi connectivity index (χ0) is 20.6. The molecule has 0 saturated carbocycles. The third-order valence-electron chi connectivity index (χ3n) is 3.81. The molecule has 7 nitrogen and oxygen atoms in total. The van der Waals surface area contributed by atoms with E-state index in [1.165, 1.54) is 0 Å². The van der Waals surface area contributed by atoms with Gasteiger partial charge in [0.15, 0.2) is 0 Å². The number of ether oxygens (including phenoxy) is 3. The van der Waals surface area contributed by atoms with E-state index < -0.39 is 0 Å². The van der Waals surface area contributed by atoms with Gasteiger partial charge >= 0.3 is 0 Å². The van der Waals surface area contributed by atoms with Crippen LogP contribution in [0.15, 0.2) is 58.5 Å². The summed E-state index contributed by atoms with van der Waals surface area (Å²) in [5, 5.41) is 19.2. The maximum absolute atomic E-state index is 9.61. The molecule has 0 aliphatic carbocycles. The fourth-order valence-corrected chi connectivity index (χ4v) is 2.30. The number of phenolic OH excluding ortho intramolecular Hbond substituents is 2. The van der Waals surface area contributed by atoms with E-state index in [-0.39, 0.29) is 11.5 Å².